The summed E-state index contributed by atoms with van der Waals surface area (Å²) in [6, 6.07) is 0. The van der Waals surface area contributed by atoms with Gasteiger partial charge in [-0.25, -0.2) is 8.78 Å². The molecule has 14 heavy (non-hydrogen) atoms. The quantitative estimate of drug-likeness (QED) is 0.589. The van der Waals surface area contributed by atoms with Crippen LogP contribution in [0.15, 0.2) is 35.5 Å². The molecule has 1 fully saturated rings. The van der Waals surface area contributed by atoms with Crippen LogP contribution >= 0.6 is 0 Å². The van der Waals surface area contributed by atoms with E-state index in [4.69, 9.17) is 0 Å². The van der Waals surface area contributed by atoms with Gasteiger partial charge in [0.2, 0.25) is 0 Å². The lowest BCUT2D eigenvalue weighted by molar-refractivity contribution is 0.562. The number of halogens is 2. The zero-order chi connectivity index (χ0) is 9.97. The third kappa shape index (κ3) is 1.94. The van der Waals surface area contributed by atoms with E-state index in [2.05, 4.69) is 0 Å². The Hall–Kier alpha value is -0.920. The van der Waals surface area contributed by atoms with E-state index < -0.39 is 5.83 Å². The molecule has 0 radical (unpaired) electrons. The van der Waals surface area contributed by atoms with Crippen molar-refractivity contribution in [1.29, 1.82) is 0 Å². The molecule has 0 spiro atoms. The molecular weight excluding hydrogens is 182 g/mol. The van der Waals surface area contributed by atoms with Gasteiger partial charge in [-0.2, -0.15) is 0 Å². The zero-order valence-electron chi connectivity index (χ0n) is 8.10. The van der Waals surface area contributed by atoms with Crippen molar-refractivity contribution in [1.82, 2.24) is 0 Å². The molecule has 0 aromatic heterocycles. The molecule has 2 aliphatic rings. The highest BCUT2D eigenvalue weighted by Crippen LogP contribution is 2.36. The molecular formula is C12H14F2. The van der Waals surface area contributed by atoms with E-state index in [1.165, 1.54) is 18.9 Å². The minimum atomic E-state index is -0.452. The molecule has 0 aromatic rings. The third-order valence-electron chi connectivity index (χ3n) is 2.99. The Morgan fingerprint density at radius 1 is 1.07 bits per heavy atom. The van der Waals surface area contributed by atoms with Gasteiger partial charge in [0, 0.05) is 6.08 Å². The summed E-state index contributed by atoms with van der Waals surface area (Å²) in [7, 11) is 0. The van der Waals surface area contributed by atoms with Crippen LogP contribution in [0.3, 0.4) is 0 Å². The van der Waals surface area contributed by atoms with Crippen molar-refractivity contribution in [3.63, 3.8) is 0 Å². The molecule has 2 aliphatic carbocycles. The first-order valence-electron chi connectivity index (χ1n) is 5.20. The van der Waals surface area contributed by atoms with Gasteiger partial charge in [-0.3, -0.25) is 0 Å². The zero-order valence-corrected chi connectivity index (χ0v) is 8.10. The largest absolute Gasteiger partial charge is 0.207 e. The number of allylic oxidation sites excluding steroid dienone is 6. The Bertz CT molecular complexity index is 304. The van der Waals surface area contributed by atoms with Crippen LogP contribution in [0.5, 0.6) is 0 Å². The van der Waals surface area contributed by atoms with Crippen LogP contribution in [0.25, 0.3) is 0 Å². The second-order valence-electron chi connectivity index (χ2n) is 3.96. The highest BCUT2D eigenvalue weighted by Gasteiger charge is 2.22. The van der Waals surface area contributed by atoms with E-state index in [9.17, 15) is 8.78 Å². The number of hydrogen-bond acceptors (Lipinski definition) is 0. The minimum absolute atomic E-state index is 0.325. The Morgan fingerprint density at radius 3 is 2.50 bits per heavy atom. The highest BCUT2D eigenvalue weighted by atomic mass is 19.1. The Kier molecular flexibility index (Phi) is 2.80. The maximum atomic E-state index is 13.5. The highest BCUT2D eigenvalue weighted by molar-refractivity contribution is 5.36. The van der Waals surface area contributed by atoms with Crippen LogP contribution in [-0.4, -0.2) is 0 Å². The summed E-state index contributed by atoms with van der Waals surface area (Å²) >= 11 is 0. The fourth-order valence-corrected chi connectivity index (χ4v) is 2.26. The maximum Gasteiger partial charge on any atom is 0.129 e. The van der Waals surface area contributed by atoms with Crippen LogP contribution in [0.2, 0.25) is 0 Å². The normalized spacial score (nSPS) is 24.0. The van der Waals surface area contributed by atoms with E-state index in [0.717, 1.165) is 24.5 Å². The van der Waals surface area contributed by atoms with Gasteiger partial charge >= 0.3 is 0 Å². The first-order valence-corrected chi connectivity index (χ1v) is 5.20. The molecule has 2 heteroatoms. The fourth-order valence-electron chi connectivity index (χ4n) is 2.26. The molecule has 0 aliphatic heterocycles. The molecule has 0 N–H and O–H groups in total. The summed E-state index contributed by atoms with van der Waals surface area (Å²) in [5, 5.41) is 0. The Balaban J connectivity index is 2.19. The topological polar surface area (TPSA) is 0 Å². The molecule has 0 saturated heterocycles. The summed E-state index contributed by atoms with van der Waals surface area (Å²) in [5.41, 5.74) is 0.728. The molecule has 0 unspecified atom stereocenters. The van der Waals surface area contributed by atoms with Crippen LogP contribution in [0.4, 0.5) is 8.78 Å². The number of rotatable bonds is 1. The second-order valence-corrected chi connectivity index (χ2v) is 3.96. The number of hydrogen-bond donors (Lipinski definition) is 0. The molecule has 0 nitrogen and oxygen atoms in total. The molecule has 0 amide bonds. The third-order valence-corrected chi connectivity index (χ3v) is 2.99. The van der Waals surface area contributed by atoms with Gasteiger partial charge in [-0.1, -0.05) is 18.9 Å². The van der Waals surface area contributed by atoms with Crippen molar-refractivity contribution in [3.05, 3.63) is 35.5 Å². The van der Waals surface area contributed by atoms with E-state index in [-0.39, 0.29) is 5.83 Å². The molecule has 0 atom stereocenters. The predicted molar refractivity (Wildman–Crippen MR) is 53.0 cm³/mol. The molecule has 0 aromatic carbocycles. The standard InChI is InChI=1S/C12H14F2/c13-10-6-3-7-11(12(14)8-10)9-4-1-2-5-9/h6-9H,1-5H2. The lowest BCUT2D eigenvalue weighted by Gasteiger charge is -2.11. The Labute approximate surface area is 83.0 Å². The summed E-state index contributed by atoms with van der Waals surface area (Å²) in [6.07, 6.45) is 9.22. The first kappa shape index (κ1) is 9.63. The van der Waals surface area contributed by atoms with Crippen molar-refractivity contribution >= 4 is 0 Å². The summed E-state index contributed by atoms with van der Waals surface area (Å²) in [4.78, 5) is 0. The molecule has 0 heterocycles. The average molecular weight is 196 g/mol. The summed E-state index contributed by atoms with van der Waals surface area (Å²) < 4.78 is 26.4. The first-order chi connectivity index (χ1) is 6.77. The van der Waals surface area contributed by atoms with Crippen molar-refractivity contribution < 1.29 is 8.78 Å². The predicted octanol–water partition coefficient (Wildman–Crippen LogP) is 4.21. The fraction of sp³-hybridized carbons (Fsp3) is 0.500. The van der Waals surface area contributed by atoms with Crippen LogP contribution in [-0.2, 0) is 0 Å². The van der Waals surface area contributed by atoms with Gasteiger partial charge in [0.25, 0.3) is 0 Å². The van der Waals surface area contributed by atoms with E-state index in [0.29, 0.717) is 12.3 Å². The lowest BCUT2D eigenvalue weighted by atomic mass is 9.96. The van der Waals surface area contributed by atoms with Crippen LogP contribution in [0, 0.1) is 5.92 Å². The van der Waals surface area contributed by atoms with Crippen LogP contribution in [0.1, 0.15) is 32.1 Å². The minimum Gasteiger partial charge on any atom is -0.207 e. The maximum absolute atomic E-state index is 13.5. The Morgan fingerprint density at radius 2 is 1.79 bits per heavy atom. The van der Waals surface area contributed by atoms with E-state index in [1.807, 2.05) is 6.08 Å². The van der Waals surface area contributed by atoms with Crippen LogP contribution < -0.4 is 0 Å². The summed E-state index contributed by atoms with van der Waals surface area (Å²) in [5.74, 6) is -0.500. The molecule has 2 rings (SSSR count). The monoisotopic (exact) mass is 196 g/mol. The second kappa shape index (κ2) is 4.07. The molecule has 0 bridgehead atoms. The molecule has 76 valence electrons. The van der Waals surface area contributed by atoms with Gasteiger partial charge in [0.15, 0.2) is 0 Å². The van der Waals surface area contributed by atoms with Crippen molar-refractivity contribution in [2.45, 2.75) is 32.1 Å². The van der Waals surface area contributed by atoms with Crippen molar-refractivity contribution in [3.8, 4) is 0 Å². The lowest BCUT2D eigenvalue weighted by Crippen LogP contribution is -1.99. The van der Waals surface area contributed by atoms with Gasteiger partial charge < -0.3 is 0 Å². The van der Waals surface area contributed by atoms with Gasteiger partial charge in [-0.05, 0) is 36.8 Å². The van der Waals surface area contributed by atoms with Gasteiger partial charge in [-0.15, -0.1) is 0 Å². The van der Waals surface area contributed by atoms with Crippen molar-refractivity contribution in [2.24, 2.45) is 5.92 Å². The van der Waals surface area contributed by atoms with Gasteiger partial charge in [0.05, 0.1) is 0 Å². The SMILES string of the molecule is FC1=CCC=C(C2CCCC2)C(F)=C1. The average Bonchev–Trinajstić information content (AvgIpc) is 2.59. The smallest absolute Gasteiger partial charge is 0.129 e. The van der Waals surface area contributed by atoms with E-state index >= 15 is 0 Å². The van der Waals surface area contributed by atoms with Gasteiger partial charge in [0.1, 0.15) is 11.7 Å². The molecule has 1 saturated carbocycles. The van der Waals surface area contributed by atoms with E-state index in [1.54, 1.807) is 0 Å². The summed E-state index contributed by atoms with van der Waals surface area (Å²) in [6.45, 7) is 0. The van der Waals surface area contributed by atoms with Crippen molar-refractivity contribution in [2.75, 3.05) is 0 Å².